The normalized spacial score (nSPS) is 16.2. The van der Waals surface area contributed by atoms with E-state index in [1.54, 1.807) is 10.9 Å². The van der Waals surface area contributed by atoms with E-state index in [-0.39, 0.29) is 17.0 Å². The number of hydrogen-bond acceptors (Lipinski definition) is 7. The number of anilines is 1. The highest BCUT2D eigenvalue weighted by Crippen LogP contribution is 2.43. The third-order valence-corrected chi connectivity index (χ3v) is 16.7. The van der Waals surface area contributed by atoms with Gasteiger partial charge in [0.05, 0.1) is 18.0 Å². The standard InChI is InChI=1S/C64H121N5O4/c1-4-7-10-13-16-19-22-25-28-31-34-37-40-43-46-49-52-64(53-50-47-44-41-38-35-32-29-26-23-20-17-14-11-8-5-2,72-54-51-48-45-42-39-36-33-30-27-24-21-18-15-12-9-6-3)60-57(70)55-58(73-60)69-56-66-59-61(69)67-63(65)68-62(59)71/h56-58,60,70H,4-55H2,1-3H3,(H3,65,67,68,71)/t57-,58+,60-/m0/s1. The van der Waals surface area contributed by atoms with Gasteiger partial charge < -0.3 is 20.3 Å². The van der Waals surface area contributed by atoms with Crippen LogP contribution in [0.15, 0.2) is 11.1 Å². The molecule has 1 saturated heterocycles. The predicted molar refractivity (Wildman–Crippen MR) is 314 cm³/mol. The molecule has 426 valence electrons. The minimum atomic E-state index is -0.699. The molecule has 0 unspecified atom stereocenters. The summed E-state index contributed by atoms with van der Waals surface area (Å²) in [5.74, 6) is 0.0535. The summed E-state index contributed by atoms with van der Waals surface area (Å²) in [4.78, 5) is 24.2. The Bertz CT molecular complexity index is 1540. The summed E-state index contributed by atoms with van der Waals surface area (Å²) < 4.78 is 16.0. The summed E-state index contributed by atoms with van der Waals surface area (Å²) in [5.41, 5.74) is 5.72. The maximum Gasteiger partial charge on any atom is 0.280 e. The molecule has 3 atom stereocenters. The lowest BCUT2D eigenvalue weighted by Crippen LogP contribution is -2.50. The van der Waals surface area contributed by atoms with E-state index < -0.39 is 24.0 Å². The fourth-order valence-corrected chi connectivity index (χ4v) is 12.0. The predicted octanol–water partition coefficient (Wildman–Crippen LogP) is 19.7. The summed E-state index contributed by atoms with van der Waals surface area (Å²) >= 11 is 0. The van der Waals surface area contributed by atoms with E-state index in [0.29, 0.717) is 18.7 Å². The number of nitrogen functional groups attached to an aromatic ring is 1. The SMILES string of the molecule is CCCCCCCCCCCCCCCCCCOC(CCCCCCCCCCCCCCCCCC)(CCCCCCCCCCCCCCCCCC)[C@H]1O[C@@H](n2cnc3c(=O)[nH]c(N)nc32)C[C@@H]1O. The van der Waals surface area contributed by atoms with Crippen LogP contribution in [-0.2, 0) is 9.47 Å². The van der Waals surface area contributed by atoms with E-state index in [1.807, 2.05) is 0 Å². The van der Waals surface area contributed by atoms with Crippen molar-refractivity contribution in [2.24, 2.45) is 0 Å². The average molecular weight is 1020 g/mol. The molecule has 1 fully saturated rings. The number of hydrogen-bond donors (Lipinski definition) is 3. The summed E-state index contributed by atoms with van der Waals surface area (Å²) in [6, 6.07) is 0. The monoisotopic (exact) mass is 1020 g/mol. The van der Waals surface area contributed by atoms with Crippen LogP contribution in [0.25, 0.3) is 11.2 Å². The van der Waals surface area contributed by atoms with Gasteiger partial charge in [-0.1, -0.05) is 323 Å². The molecule has 0 bridgehead atoms. The molecule has 0 aromatic carbocycles. The van der Waals surface area contributed by atoms with E-state index in [0.717, 1.165) is 32.1 Å². The average Bonchev–Trinajstić information content (AvgIpc) is 4.00. The van der Waals surface area contributed by atoms with Crippen LogP contribution in [0.3, 0.4) is 0 Å². The summed E-state index contributed by atoms with van der Waals surface area (Å²) in [6.07, 6.45) is 66.8. The van der Waals surface area contributed by atoms with Crippen LogP contribution < -0.4 is 11.3 Å². The number of nitrogens with two attached hydrogens (primary N) is 1. The zero-order valence-corrected chi connectivity index (χ0v) is 48.7. The first-order chi connectivity index (χ1) is 36.0. The smallest absolute Gasteiger partial charge is 0.280 e. The van der Waals surface area contributed by atoms with Crippen LogP contribution in [0.4, 0.5) is 5.95 Å². The molecule has 73 heavy (non-hydrogen) atoms. The van der Waals surface area contributed by atoms with Crippen LogP contribution in [0.5, 0.6) is 0 Å². The van der Waals surface area contributed by atoms with Gasteiger partial charge >= 0.3 is 0 Å². The molecule has 0 spiro atoms. The maximum atomic E-state index is 12.7. The second-order valence-corrected chi connectivity index (χ2v) is 23.4. The van der Waals surface area contributed by atoms with Gasteiger partial charge in [-0.05, 0) is 19.3 Å². The van der Waals surface area contributed by atoms with Crippen molar-refractivity contribution < 1.29 is 14.6 Å². The van der Waals surface area contributed by atoms with Gasteiger partial charge in [0.1, 0.15) is 12.3 Å². The summed E-state index contributed by atoms with van der Waals surface area (Å²) in [6.45, 7) is 7.60. The molecule has 0 saturated carbocycles. The van der Waals surface area contributed by atoms with Crippen LogP contribution in [-0.4, -0.2) is 49.0 Å². The Kier molecular flexibility index (Phi) is 40.3. The Morgan fingerprint density at radius 2 is 0.849 bits per heavy atom. The van der Waals surface area contributed by atoms with Crippen molar-refractivity contribution in [3.63, 3.8) is 0 Å². The number of aromatic nitrogens is 4. The minimum absolute atomic E-state index is 0.0535. The van der Waals surface area contributed by atoms with Gasteiger partial charge in [0.15, 0.2) is 11.2 Å². The number of fused-ring (bicyclic) bond motifs is 1. The van der Waals surface area contributed by atoms with E-state index in [2.05, 4.69) is 35.7 Å². The Morgan fingerprint density at radius 3 is 1.19 bits per heavy atom. The molecule has 0 radical (unpaired) electrons. The van der Waals surface area contributed by atoms with Crippen molar-refractivity contribution >= 4 is 17.1 Å². The Balaban J connectivity index is 1.54. The zero-order chi connectivity index (χ0) is 52.1. The van der Waals surface area contributed by atoms with Crippen molar-refractivity contribution in [2.75, 3.05) is 12.3 Å². The van der Waals surface area contributed by atoms with Gasteiger partial charge in [0.2, 0.25) is 5.95 Å². The highest BCUT2D eigenvalue weighted by atomic mass is 16.6. The Morgan fingerprint density at radius 1 is 0.534 bits per heavy atom. The van der Waals surface area contributed by atoms with Gasteiger partial charge in [-0.25, -0.2) is 4.98 Å². The highest BCUT2D eigenvalue weighted by Gasteiger charge is 2.50. The fourth-order valence-electron chi connectivity index (χ4n) is 12.0. The van der Waals surface area contributed by atoms with Crippen molar-refractivity contribution in [3.8, 4) is 0 Å². The molecule has 3 rings (SSSR count). The molecule has 4 N–H and O–H groups in total. The molecular formula is C64H121N5O4. The quantitative estimate of drug-likeness (QED) is 0.0563. The number of ether oxygens (including phenoxy) is 2. The number of unbranched alkanes of at least 4 members (excludes halogenated alkanes) is 45. The second-order valence-electron chi connectivity index (χ2n) is 23.4. The van der Waals surface area contributed by atoms with Crippen molar-refractivity contribution in [1.29, 1.82) is 0 Å². The summed E-state index contributed by atoms with van der Waals surface area (Å²) in [7, 11) is 0. The first-order valence-corrected chi connectivity index (χ1v) is 32.7. The van der Waals surface area contributed by atoms with Crippen molar-refractivity contribution in [3.05, 3.63) is 16.7 Å². The number of nitrogens with one attached hydrogen (secondary N) is 1. The number of aromatic amines is 1. The van der Waals surface area contributed by atoms with Gasteiger partial charge in [-0.15, -0.1) is 0 Å². The van der Waals surface area contributed by atoms with Gasteiger partial charge in [-0.2, -0.15) is 4.98 Å². The molecule has 9 nitrogen and oxygen atoms in total. The lowest BCUT2D eigenvalue weighted by Gasteiger charge is -2.40. The first-order valence-electron chi connectivity index (χ1n) is 32.7. The van der Waals surface area contributed by atoms with E-state index in [9.17, 15) is 9.90 Å². The Labute approximate surface area is 450 Å². The molecule has 0 amide bonds. The van der Waals surface area contributed by atoms with E-state index in [1.165, 1.54) is 289 Å². The Hall–Kier alpha value is -1.97. The van der Waals surface area contributed by atoms with E-state index in [4.69, 9.17) is 15.2 Å². The number of aliphatic hydroxyl groups excluding tert-OH is 1. The molecule has 1 aliphatic heterocycles. The van der Waals surface area contributed by atoms with E-state index >= 15 is 0 Å². The molecule has 1 aliphatic rings. The topological polar surface area (TPSA) is 128 Å². The number of aliphatic hydroxyl groups is 1. The maximum absolute atomic E-state index is 12.7. The van der Waals surface area contributed by atoms with Gasteiger partial charge in [0, 0.05) is 13.0 Å². The number of nitrogens with zero attached hydrogens (tertiary/aromatic N) is 3. The minimum Gasteiger partial charge on any atom is -0.390 e. The molecular weight excluding hydrogens is 903 g/mol. The molecule has 9 heteroatoms. The van der Waals surface area contributed by atoms with Crippen molar-refractivity contribution in [2.45, 2.75) is 372 Å². The third-order valence-electron chi connectivity index (χ3n) is 16.7. The van der Waals surface area contributed by atoms with Crippen LogP contribution in [0, 0.1) is 0 Å². The number of imidazole rings is 1. The number of rotatable bonds is 54. The zero-order valence-electron chi connectivity index (χ0n) is 48.7. The number of H-pyrrole nitrogens is 1. The lowest BCUT2D eigenvalue weighted by atomic mass is 9.82. The van der Waals surface area contributed by atoms with Crippen LogP contribution in [0.2, 0.25) is 0 Å². The van der Waals surface area contributed by atoms with Crippen LogP contribution >= 0.6 is 0 Å². The van der Waals surface area contributed by atoms with Crippen LogP contribution in [0.1, 0.15) is 354 Å². The lowest BCUT2D eigenvalue weighted by molar-refractivity contribution is -0.178. The largest absolute Gasteiger partial charge is 0.390 e. The fraction of sp³-hybridized carbons (Fsp3) is 0.922. The molecule has 2 aromatic rings. The van der Waals surface area contributed by atoms with Gasteiger partial charge in [0.25, 0.3) is 5.56 Å². The first kappa shape index (κ1) is 65.3. The molecule has 3 heterocycles. The van der Waals surface area contributed by atoms with Gasteiger partial charge in [-0.3, -0.25) is 14.3 Å². The molecule has 2 aromatic heterocycles. The summed E-state index contributed by atoms with van der Waals surface area (Å²) in [5, 5.41) is 12.0. The highest BCUT2D eigenvalue weighted by molar-refractivity contribution is 5.70. The molecule has 0 aliphatic carbocycles. The van der Waals surface area contributed by atoms with Crippen molar-refractivity contribution in [1.82, 2.24) is 19.5 Å². The third kappa shape index (κ3) is 30.5. The second kappa shape index (κ2) is 45.1.